The highest BCUT2D eigenvalue weighted by atomic mass is 35.5. The number of carbonyl (C=O) groups excluding carboxylic acids is 1. The molecule has 0 bridgehead atoms. The first kappa shape index (κ1) is 20.3. The number of amides is 1. The lowest BCUT2D eigenvalue weighted by atomic mass is 10.1. The van der Waals surface area contributed by atoms with Crippen LogP contribution < -0.4 is 4.74 Å². The van der Waals surface area contributed by atoms with Crippen molar-refractivity contribution < 1.29 is 9.53 Å². The normalized spacial score (nSPS) is 10.5. The van der Waals surface area contributed by atoms with Gasteiger partial charge in [0.05, 0.1) is 7.11 Å². The molecule has 0 aliphatic heterocycles. The molecule has 3 nitrogen and oxygen atoms in total. The van der Waals surface area contributed by atoms with E-state index in [1.807, 2.05) is 72.8 Å². The zero-order valence-electron chi connectivity index (χ0n) is 15.9. The highest BCUT2D eigenvalue weighted by Crippen LogP contribution is 2.25. The lowest BCUT2D eigenvalue weighted by molar-refractivity contribution is 0.0784. The number of methoxy groups -OCH3 is 1. The molecule has 0 aliphatic carbocycles. The molecule has 0 unspecified atom stereocenters. The van der Waals surface area contributed by atoms with Gasteiger partial charge in [-0.1, -0.05) is 41.9 Å². The largest absolute Gasteiger partial charge is 0.496 e. The minimum Gasteiger partial charge on any atom is -0.496 e. The van der Waals surface area contributed by atoms with Crippen LogP contribution in [0.15, 0.2) is 77.7 Å². The molecule has 0 N–H and O–H groups in total. The number of hydrogen-bond donors (Lipinski definition) is 0. The second kappa shape index (κ2) is 9.67. The fourth-order valence-corrected chi connectivity index (χ4v) is 3.80. The summed E-state index contributed by atoms with van der Waals surface area (Å²) in [6.45, 7) is 0.497. The second-order valence-electron chi connectivity index (χ2n) is 6.41. The van der Waals surface area contributed by atoms with Crippen LogP contribution in [0, 0.1) is 0 Å². The van der Waals surface area contributed by atoms with Gasteiger partial charge in [-0.05, 0) is 48.0 Å². The number of ether oxygens (including phenoxy) is 1. The van der Waals surface area contributed by atoms with Crippen LogP contribution in [0.4, 0.5) is 0 Å². The molecular weight excluding hydrogens is 390 g/mol. The number of halogens is 1. The summed E-state index contributed by atoms with van der Waals surface area (Å²) in [6, 6.07) is 23.3. The van der Waals surface area contributed by atoms with Gasteiger partial charge in [0.15, 0.2) is 0 Å². The molecule has 0 saturated carbocycles. The Hall–Kier alpha value is -2.43. The Morgan fingerprint density at radius 1 is 1.00 bits per heavy atom. The molecule has 3 rings (SSSR count). The lowest BCUT2D eigenvalue weighted by Gasteiger charge is -2.19. The maximum Gasteiger partial charge on any atom is 0.253 e. The van der Waals surface area contributed by atoms with Crippen molar-refractivity contribution >= 4 is 29.3 Å². The highest BCUT2D eigenvalue weighted by Gasteiger charge is 2.14. The minimum atomic E-state index is -0.0113. The van der Waals surface area contributed by atoms with Gasteiger partial charge in [0.25, 0.3) is 5.91 Å². The Labute approximate surface area is 175 Å². The van der Waals surface area contributed by atoms with Gasteiger partial charge in [-0.3, -0.25) is 4.79 Å². The standard InChI is InChI=1S/C23H22ClNO2S/c1-25(15-19-5-3-4-6-22(19)27-2)23(26)18-9-7-17(8-10-18)16-28-21-13-11-20(24)12-14-21/h3-14H,15-16H2,1-2H3. The summed E-state index contributed by atoms with van der Waals surface area (Å²) in [6.07, 6.45) is 0. The summed E-state index contributed by atoms with van der Waals surface area (Å²) in [5.41, 5.74) is 2.83. The van der Waals surface area contributed by atoms with Crippen molar-refractivity contribution in [1.82, 2.24) is 4.90 Å². The van der Waals surface area contributed by atoms with Gasteiger partial charge < -0.3 is 9.64 Å². The fraction of sp³-hybridized carbons (Fsp3) is 0.174. The molecule has 0 saturated heterocycles. The van der Waals surface area contributed by atoms with E-state index in [4.69, 9.17) is 16.3 Å². The average molecular weight is 412 g/mol. The molecule has 0 heterocycles. The first-order chi connectivity index (χ1) is 13.6. The number of thioether (sulfide) groups is 1. The van der Waals surface area contributed by atoms with Gasteiger partial charge in [-0.25, -0.2) is 0 Å². The van der Waals surface area contributed by atoms with E-state index < -0.39 is 0 Å². The summed E-state index contributed by atoms with van der Waals surface area (Å²) in [5.74, 6) is 1.62. The SMILES string of the molecule is COc1ccccc1CN(C)C(=O)c1ccc(CSc2ccc(Cl)cc2)cc1. The second-order valence-corrected chi connectivity index (χ2v) is 7.90. The van der Waals surface area contributed by atoms with Crippen molar-refractivity contribution in [1.29, 1.82) is 0 Å². The number of para-hydroxylation sites is 1. The maximum absolute atomic E-state index is 12.7. The van der Waals surface area contributed by atoms with Crippen molar-refractivity contribution in [2.75, 3.05) is 14.2 Å². The molecule has 144 valence electrons. The van der Waals surface area contributed by atoms with Crippen molar-refractivity contribution in [3.8, 4) is 5.75 Å². The smallest absolute Gasteiger partial charge is 0.253 e. The summed E-state index contributed by atoms with van der Waals surface area (Å²) in [5, 5.41) is 0.740. The van der Waals surface area contributed by atoms with Crippen molar-refractivity contribution in [3.63, 3.8) is 0 Å². The number of carbonyl (C=O) groups is 1. The first-order valence-electron chi connectivity index (χ1n) is 8.91. The van der Waals surface area contributed by atoms with E-state index in [0.29, 0.717) is 12.1 Å². The molecule has 0 aliphatic rings. The maximum atomic E-state index is 12.7. The lowest BCUT2D eigenvalue weighted by Crippen LogP contribution is -2.26. The summed E-state index contributed by atoms with van der Waals surface area (Å²) >= 11 is 7.66. The third-order valence-electron chi connectivity index (χ3n) is 4.37. The molecule has 5 heteroatoms. The monoisotopic (exact) mass is 411 g/mol. The Kier molecular flexibility index (Phi) is 7.01. The summed E-state index contributed by atoms with van der Waals surface area (Å²) in [7, 11) is 3.44. The van der Waals surface area contributed by atoms with Crippen LogP contribution >= 0.6 is 23.4 Å². The van der Waals surface area contributed by atoms with Gasteiger partial charge >= 0.3 is 0 Å². The Morgan fingerprint density at radius 3 is 2.36 bits per heavy atom. The van der Waals surface area contributed by atoms with E-state index in [9.17, 15) is 4.79 Å². The van der Waals surface area contributed by atoms with E-state index >= 15 is 0 Å². The van der Waals surface area contributed by atoms with Crippen molar-refractivity contribution in [2.24, 2.45) is 0 Å². The van der Waals surface area contributed by atoms with E-state index in [-0.39, 0.29) is 5.91 Å². The minimum absolute atomic E-state index is 0.0113. The van der Waals surface area contributed by atoms with Crippen molar-refractivity contribution in [2.45, 2.75) is 17.2 Å². The zero-order chi connectivity index (χ0) is 19.9. The Bertz CT molecular complexity index is 926. The third-order valence-corrected chi connectivity index (χ3v) is 5.70. The molecule has 3 aromatic rings. The number of benzene rings is 3. The van der Waals surface area contributed by atoms with Gasteiger partial charge in [0.1, 0.15) is 5.75 Å². The topological polar surface area (TPSA) is 29.5 Å². The predicted octanol–water partition coefficient (Wildman–Crippen LogP) is 5.91. The van der Waals surface area contributed by atoms with E-state index in [1.165, 1.54) is 10.5 Å². The third kappa shape index (κ3) is 5.31. The molecule has 0 radical (unpaired) electrons. The first-order valence-corrected chi connectivity index (χ1v) is 10.3. The fourth-order valence-electron chi connectivity index (χ4n) is 2.82. The van der Waals surface area contributed by atoms with Crippen LogP contribution in [0.1, 0.15) is 21.5 Å². The van der Waals surface area contributed by atoms with Crippen molar-refractivity contribution in [3.05, 3.63) is 94.5 Å². The summed E-state index contributed by atoms with van der Waals surface area (Å²) < 4.78 is 5.37. The van der Waals surface area contributed by atoms with Crippen LogP contribution in [0.2, 0.25) is 5.02 Å². The van der Waals surface area contributed by atoms with Crippen LogP contribution in [-0.4, -0.2) is 25.0 Å². The summed E-state index contributed by atoms with van der Waals surface area (Å²) in [4.78, 5) is 15.6. The molecule has 0 atom stereocenters. The molecule has 28 heavy (non-hydrogen) atoms. The van der Waals surface area contributed by atoms with E-state index in [2.05, 4.69) is 0 Å². The van der Waals surface area contributed by atoms with E-state index in [1.54, 1.807) is 30.8 Å². The molecular formula is C23H22ClNO2S. The highest BCUT2D eigenvalue weighted by molar-refractivity contribution is 7.98. The quantitative estimate of drug-likeness (QED) is 0.452. The van der Waals surface area contributed by atoms with E-state index in [0.717, 1.165) is 22.1 Å². The molecule has 1 amide bonds. The Morgan fingerprint density at radius 2 is 1.68 bits per heavy atom. The predicted molar refractivity (Wildman–Crippen MR) is 116 cm³/mol. The number of rotatable bonds is 7. The molecule has 0 spiro atoms. The van der Waals surface area contributed by atoms with Crippen LogP contribution in [-0.2, 0) is 12.3 Å². The van der Waals surface area contributed by atoms with Gasteiger partial charge in [-0.15, -0.1) is 11.8 Å². The zero-order valence-corrected chi connectivity index (χ0v) is 17.5. The average Bonchev–Trinajstić information content (AvgIpc) is 2.73. The molecule has 3 aromatic carbocycles. The Balaban J connectivity index is 1.60. The van der Waals surface area contributed by atoms with Gasteiger partial charge in [0.2, 0.25) is 0 Å². The number of nitrogens with zero attached hydrogens (tertiary/aromatic N) is 1. The van der Waals surface area contributed by atoms with Crippen LogP contribution in [0.3, 0.4) is 0 Å². The van der Waals surface area contributed by atoms with Gasteiger partial charge in [0, 0.05) is 40.4 Å². The van der Waals surface area contributed by atoms with Crippen LogP contribution in [0.5, 0.6) is 5.75 Å². The van der Waals surface area contributed by atoms with Crippen LogP contribution in [0.25, 0.3) is 0 Å². The number of hydrogen-bond acceptors (Lipinski definition) is 3. The molecule has 0 aromatic heterocycles. The molecule has 0 fully saturated rings. The van der Waals surface area contributed by atoms with Gasteiger partial charge in [-0.2, -0.15) is 0 Å².